The Bertz CT molecular complexity index is 425. The van der Waals surface area contributed by atoms with Crippen LogP contribution >= 0.6 is 0 Å². The monoisotopic (exact) mass is 227 g/mol. The first kappa shape index (κ1) is 12.0. The van der Waals surface area contributed by atoms with Crippen molar-refractivity contribution in [2.24, 2.45) is 0 Å². The molecule has 0 spiro atoms. The lowest BCUT2D eigenvalue weighted by Crippen LogP contribution is -2.18. The Morgan fingerprint density at radius 1 is 1.56 bits per heavy atom. The highest BCUT2D eigenvalue weighted by molar-refractivity contribution is 5.94. The molecule has 88 valence electrons. The van der Waals surface area contributed by atoms with Gasteiger partial charge in [0.05, 0.1) is 11.4 Å². The molecule has 0 radical (unpaired) electrons. The van der Waals surface area contributed by atoms with Gasteiger partial charge in [0.25, 0.3) is 0 Å². The molecular formula is C9H13N3O4. The minimum Gasteiger partial charge on any atom is -0.479 e. The number of aromatic nitrogens is 2. The summed E-state index contributed by atoms with van der Waals surface area (Å²) < 4.78 is 5.93. The number of aliphatic carboxylic acids is 1. The van der Waals surface area contributed by atoms with Gasteiger partial charge in [0.2, 0.25) is 0 Å². The van der Waals surface area contributed by atoms with E-state index in [1.54, 1.807) is 13.8 Å². The molecule has 0 aliphatic carbocycles. The third kappa shape index (κ3) is 2.30. The molecule has 7 heteroatoms. The maximum atomic E-state index is 11.5. The molecule has 7 nitrogen and oxygen atoms in total. The molecule has 0 aliphatic rings. The van der Waals surface area contributed by atoms with Crippen LogP contribution in [-0.2, 0) is 16.1 Å². The molecule has 3 N–H and O–H groups in total. The summed E-state index contributed by atoms with van der Waals surface area (Å²) in [5.74, 6) is -1.99. The van der Waals surface area contributed by atoms with E-state index in [1.807, 2.05) is 0 Å². The summed E-state index contributed by atoms with van der Waals surface area (Å²) in [6, 6.07) is 0. The van der Waals surface area contributed by atoms with Crippen LogP contribution in [0.25, 0.3) is 0 Å². The smallest absolute Gasteiger partial charge is 0.359 e. The molecule has 16 heavy (non-hydrogen) atoms. The van der Waals surface area contributed by atoms with Crippen LogP contribution in [0.1, 0.15) is 23.1 Å². The number of nitrogens with two attached hydrogens (primary N) is 1. The lowest BCUT2D eigenvalue weighted by Gasteiger charge is -2.04. The van der Waals surface area contributed by atoms with E-state index in [0.717, 1.165) is 0 Å². The van der Waals surface area contributed by atoms with E-state index in [4.69, 9.17) is 10.8 Å². The maximum Gasteiger partial charge on any atom is 0.359 e. The van der Waals surface area contributed by atoms with Crippen molar-refractivity contribution in [3.05, 3.63) is 11.4 Å². The van der Waals surface area contributed by atoms with Crippen LogP contribution in [0.15, 0.2) is 0 Å². The summed E-state index contributed by atoms with van der Waals surface area (Å²) in [6.07, 6.45) is 0. The molecule has 0 bridgehead atoms. The zero-order valence-electron chi connectivity index (χ0n) is 9.06. The number of nitrogen functional groups attached to an aromatic ring is 1. The predicted octanol–water partition coefficient (Wildman–Crippen LogP) is 0.0350. The minimum atomic E-state index is -1.22. The van der Waals surface area contributed by atoms with E-state index in [1.165, 1.54) is 4.68 Å². The van der Waals surface area contributed by atoms with E-state index in [0.29, 0.717) is 12.2 Å². The van der Waals surface area contributed by atoms with Gasteiger partial charge in [-0.25, -0.2) is 9.59 Å². The molecule has 0 unspecified atom stereocenters. The van der Waals surface area contributed by atoms with Crippen molar-refractivity contribution in [2.45, 2.75) is 20.4 Å². The second kappa shape index (κ2) is 4.65. The minimum absolute atomic E-state index is 0.0984. The van der Waals surface area contributed by atoms with E-state index < -0.39 is 18.5 Å². The fourth-order valence-electron chi connectivity index (χ4n) is 1.24. The second-order valence-electron chi connectivity index (χ2n) is 3.13. The molecule has 1 heterocycles. The van der Waals surface area contributed by atoms with Crippen molar-refractivity contribution < 1.29 is 19.4 Å². The highest BCUT2D eigenvalue weighted by Crippen LogP contribution is 2.17. The Morgan fingerprint density at radius 3 is 2.69 bits per heavy atom. The van der Waals surface area contributed by atoms with Gasteiger partial charge >= 0.3 is 11.9 Å². The normalized spacial score (nSPS) is 10.1. The number of ether oxygens (including phenoxy) is 1. The molecular weight excluding hydrogens is 214 g/mol. The lowest BCUT2D eigenvalue weighted by atomic mass is 10.3. The lowest BCUT2D eigenvalue weighted by molar-refractivity contribution is -0.140. The van der Waals surface area contributed by atoms with E-state index in [2.05, 4.69) is 9.84 Å². The van der Waals surface area contributed by atoms with Crippen LogP contribution in [0.2, 0.25) is 0 Å². The Balaban J connectivity index is 2.93. The number of carbonyl (C=O) groups excluding carboxylic acids is 1. The van der Waals surface area contributed by atoms with E-state index >= 15 is 0 Å². The quantitative estimate of drug-likeness (QED) is 0.703. The average Bonchev–Trinajstić information content (AvgIpc) is 2.51. The zero-order valence-corrected chi connectivity index (χ0v) is 9.06. The number of carbonyl (C=O) groups is 2. The number of carboxylic acids is 1. The van der Waals surface area contributed by atoms with Gasteiger partial charge in [-0.2, -0.15) is 5.10 Å². The molecule has 0 fully saturated rings. The molecule has 0 saturated carbocycles. The van der Waals surface area contributed by atoms with Crippen molar-refractivity contribution >= 4 is 17.6 Å². The first-order valence-corrected chi connectivity index (χ1v) is 4.69. The van der Waals surface area contributed by atoms with Gasteiger partial charge in [-0.05, 0) is 13.8 Å². The molecule has 1 aromatic heterocycles. The maximum absolute atomic E-state index is 11.5. The molecule has 0 saturated heterocycles. The van der Waals surface area contributed by atoms with Crippen molar-refractivity contribution in [3.8, 4) is 0 Å². The summed E-state index contributed by atoms with van der Waals surface area (Å²) in [5.41, 5.74) is 6.49. The first-order chi connectivity index (χ1) is 7.47. The molecule has 0 atom stereocenters. The number of hydrogen-bond acceptors (Lipinski definition) is 5. The predicted molar refractivity (Wildman–Crippen MR) is 55.0 cm³/mol. The topological polar surface area (TPSA) is 107 Å². The molecule has 0 aliphatic heterocycles. The number of rotatable bonds is 4. The van der Waals surface area contributed by atoms with Gasteiger partial charge in [-0.1, -0.05) is 0 Å². The number of carboxylic acid groups (broad SMARTS) is 1. The molecule has 0 aromatic carbocycles. The van der Waals surface area contributed by atoms with Gasteiger partial charge in [-0.15, -0.1) is 0 Å². The SMILES string of the molecule is CCn1nc(C)c(N)c1C(=O)OCC(=O)O. The van der Waals surface area contributed by atoms with Gasteiger partial charge < -0.3 is 15.6 Å². The standard InChI is InChI=1S/C9H13N3O4/c1-3-12-8(7(10)5(2)11-12)9(15)16-4-6(13)14/h3-4,10H2,1-2H3,(H,13,14). The van der Waals surface area contributed by atoms with Crippen molar-refractivity contribution in [2.75, 3.05) is 12.3 Å². The second-order valence-corrected chi connectivity index (χ2v) is 3.13. The Kier molecular flexibility index (Phi) is 3.49. The third-order valence-corrected chi connectivity index (χ3v) is 1.99. The number of esters is 1. The summed E-state index contributed by atoms with van der Waals surface area (Å²) >= 11 is 0. The van der Waals surface area contributed by atoms with Gasteiger partial charge in [0.15, 0.2) is 12.3 Å². The molecule has 1 aromatic rings. The summed E-state index contributed by atoms with van der Waals surface area (Å²) in [4.78, 5) is 21.8. The summed E-state index contributed by atoms with van der Waals surface area (Å²) in [6.45, 7) is 3.22. The number of nitrogens with zero attached hydrogens (tertiary/aromatic N) is 2. The molecule has 0 amide bonds. The van der Waals surface area contributed by atoms with Crippen LogP contribution in [0.4, 0.5) is 5.69 Å². The highest BCUT2D eigenvalue weighted by atomic mass is 16.5. The van der Waals surface area contributed by atoms with Crippen LogP contribution < -0.4 is 5.73 Å². The summed E-state index contributed by atoms with van der Waals surface area (Å²) in [5, 5.41) is 12.4. The van der Waals surface area contributed by atoms with Crippen molar-refractivity contribution in [1.82, 2.24) is 9.78 Å². The fourth-order valence-corrected chi connectivity index (χ4v) is 1.24. The van der Waals surface area contributed by atoms with Crippen molar-refractivity contribution in [1.29, 1.82) is 0 Å². The van der Waals surface area contributed by atoms with E-state index in [-0.39, 0.29) is 11.4 Å². The highest BCUT2D eigenvalue weighted by Gasteiger charge is 2.21. The average molecular weight is 227 g/mol. The van der Waals surface area contributed by atoms with E-state index in [9.17, 15) is 9.59 Å². The Labute approximate surface area is 91.8 Å². The third-order valence-electron chi connectivity index (χ3n) is 1.99. The number of anilines is 1. The van der Waals surface area contributed by atoms with Crippen molar-refractivity contribution in [3.63, 3.8) is 0 Å². The van der Waals surface area contributed by atoms with Crippen LogP contribution in [-0.4, -0.2) is 33.4 Å². The Hall–Kier alpha value is -2.05. The largest absolute Gasteiger partial charge is 0.479 e. The number of hydrogen-bond donors (Lipinski definition) is 2. The van der Waals surface area contributed by atoms with Gasteiger partial charge in [-0.3, -0.25) is 4.68 Å². The zero-order chi connectivity index (χ0) is 12.3. The fraction of sp³-hybridized carbons (Fsp3) is 0.444. The van der Waals surface area contributed by atoms with Crippen LogP contribution in [0.5, 0.6) is 0 Å². The van der Waals surface area contributed by atoms with Crippen LogP contribution in [0.3, 0.4) is 0 Å². The molecule has 1 rings (SSSR count). The van der Waals surface area contributed by atoms with Gasteiger partial charge in [0, 0.05) is 6.54 Å². The van der Waals surface area contributed by atoms with Gasteiger partial charge in [0.1, 0.15) is 0 Å². The number of aryl methyl sites for hydroxylation is 2. The van der Waals surface area contributed by atoms with Crippen LogP contribution in [0, 0.1) is 6.92 Å². The first-order valence-electron chi connectivity index (χ1n) is 4.69. The Morgan fingerprint density at radius 2 is 2.19 bits per heavy atom. The summed E-state index contributed by atoms with van der Waals surface area (Å²) in [7, 11) is 0.